The number of nitrogens with zero attached hydrogens (tertiary/aromatic N) is 4. The molecule has 2 amide bonds. The summed E-state index contributed by atoms with van der Waals surface area (Å²) in [5.74, 6) is 0.853. The Bertz CT molecular complexity index is 1520. The molecule has 9 heteroatoms. The Morgan fingerprint density at radius 2 is 1.71 bits per heavy atom. The van der Waals surface area contributed by atoms with Crippen molar-refractivity contribution < 1.29 is 9.59 Å². The zero-order chi connectivity index (χ0) is 29.6. The first-order chi connectivity index (χ1) is 20.3. The van der Waals surface area contributed by atoms with Gasteiger partial charge in [-0.25, -0.2) is 4.98 Å². The van der Waals surface area contributed by atoms with Crippen LogP contribution in [0.3, 0.4) is 0 Å². The van der Waals surface area contributed by atoms with E-state index in [0.29, 0.717) is 48.9 Å². The third-order valence-corrected chi connectivity index (χ3v) is 7.68. The van der Waals surface area contributed by atoms with E-state index < -0.39 is 0 Å². The summed E-state index contributed by atoms with van der Waals surface area (Å²) in [6.07, 6.45) is 7.26. The Kier molecular flexibility index (Phi) is 8.97. The molecule has 1 aliphatic rings. The molecule has 4 N–H and O–H groups in total. The van der Waals surface area contributed by atoms with Crippen molar-refractivity contribution in [2.24, 2.45) is 5.73 Å². The van der Waals surface area contributed by atoms with Gasteiger partial charge in [0.25, 0.3) is 11.8 Å². The average molecular weight is 566 g/mol. The van der Waals surface area contributed by atoms with E-state index in [1.54, 1.807) is 24.4 Å². The predicted octanol–water partition coefficient (Wildman–Crippen LogP) is 5.30. The van der Waals surface area contributed by atoms with Crippen molar-refractivity contribution in [2.75, 3.05) is 30.3 Å². The predicted molar refractivity (Wildman–Crippen MR) is 167 cm³/mol. The summed E-state index contributed by atoms with van der Waals surface area (Å²) in [6, 6.07) is 17.9. The molecule has 0 bridgehead atoms. The van der Waals surface area contributed by atoms with Crippen molar-refractivity contribution in [3.8, 4) is 11.1 Å². The Morgan fingerprint density at radius 1 is 0.976 bits per heavy atom. The van der Waals surface area contributed by atoms with Crippen molar-refractivity contribution >= 4 is 23.3 Å². The lowest BCUT2D eigenvalue weighted by Crippen LogP contribution is -2.38. The number of carbonyl (C=O) groups is 2. The third kappa shape index (κ3) is 6.86. The minimum atomic E-state index is -0.262. The molecule has 0 unspecified atom stereocenters. The summed E-state index contributed by atoms with van der Waals surface area (Å²) >= 11 is 0. The summed E-state index contributed by atoms with van der Waals surface area (Å²) in [4.78, 5) is 32.6. The minimum Gasteiger partial charge on any atom is -0.368 e. The number of likely N-dealkylation sites (tertiary alicyclic amines) is 1. The summed E-state index contributed by atoms with van der Waals surface area (Å²) in [6.45, 7) is 8.63. The molecule has 2 aromatic heterocycles. The molecule has 0 aliphatic carbocycles. The van der Waals surface area contributed by atoms with E-state index in [1.165, 1.54) is 5.56 Å². The van der Waals surface area contributed by atoms with Gasteiger partial charge < -0.3 is 21.3 Å². The number of pyridine rings is 1. The SMILES string of the molecule is Cc1ccc(C(=O)N2CCC(c3ccc(-c4cnn(CCN)c4)cc3)CC2)cc1NC(=O)c1ccc(NC(C)C)nc1. The number of aromatic nitrogens is 3. The van der Waals surface area contributed by atoms with Gasteiger partial charge in [-0.2, -0.15) is 5.10 Å². The van der Waals surface area contributed by atoms with E-state index >= 15 is 0 Å². The average Bonchev–Trinajstić information content (AvgIpc) is 3.47. The lowest BCUT2D eigenvalue weighted by molar-refractivity contribution is 0.0712. The molecule has 4 aromatic rings. The van der Waals surface area contributed by atoms with Gasteiger partial charge in [0.05, 0.1) is 18.3 Å². The number of aryl methyl sites for hydroxylation is 1. The Labute approximate surface area is 247 Å². The number of hydrogen-bond acceptors (Lipinski definition) is 6. The summed E-state index contributed by atoms with van der Waals surface area (Å²) in [5, 5.41) is 10.5. The highest BCUT2D eigenvalue weighted by molar-refractivity contribution is 6.05. The number of hydrogen-bond donors (Lipinski definition) is 3. The lowest BCUT2D eigenvalue weighted by atomic mass is 9.88. The molecular formula is C33H39N7O2. The zero-order valence-electron chi connectivity index (χ0n) is 24.5. The van der Waals surface area contributed by atoms with Crippen LogP contribution in [0.2, 0.25) is 0 Å². The van der Waals surface area contributed by atoms with Gasteiger partial charge in [0.15, 0.2) is 0 Å². The van der Waals surface area contributed by atoms with E-state index in [0.717, 1.165) is 35.3 Å². The molecular weight excluding hydrogens is 526 g/mol. The molecule has 0 atom stereocenters. The lowest BCUT2D eigenvalue weighted by Gasteiger charge is -2.32. The topological polar surface area (TPSA) is 118 Å². The highest BCUT2D eigenvalue weighted by atomic mass is 16.2. The quantitative estimate of drug-likeness (QED) is 0.253. The van der Waals surface area contributed by atoms with E-state index in [2.05, 4.69) is 45.0 Å². The molecule has 42 heavy (non-hydrogen) atoms. The Hall–Kier alpha value is -4.50. The van der Waals surface area contributed by atoms with Gasteiger partial charge in [-0.15, -0.1) is 0 Å². The van der Waals surface area contributed by atoms with Crippen LogP contribution in [-0.4, -0.2) is 57.2 Å². The molecule has 0 saturated carbocycles. The fourth-order valence-corrected chi connectivity index (χ4v) is 5.31. The fraction of sp³-hybridized carbons (Fsp3) is 0.333. The molecule has 1 aliphatic heterocycles. The second-order valence-electron chi connectivity index (χ2n) is 11.2. The van der Waals surface area contributed by atoms with E-state index in [1.807, 2.05) is 54.9 Å². The molecule has 218 valence electrons. The number of carbonyl (C=O) groups excluding carboxylic acids is 2. The first kappa shape index (κ1) is 29.0. The molecule has 0 radical (unpaired) electrons. The first-order valence-electron chi connectivity index (χ1n) is 14.6. The van der Waals surface area contributed by atoms with Crippen LogP contribution in [-0.2, 0) is 6.54 Å². The number of rotatable bonds is 9. The largest absolute Gasteiger partial charge is 0.368 e. The number of nitrogens with two attached hydrogens (primary N) is 1. The normalized spacial score (nSPS) is 13.8. The van der Waals surface area contributed by atoms with E-state index in [4.69, 9.17) is 5.73 Å². The second kappa shape index (κ2) is 13.0. The molecule has 3 heterocycles. The molecule has 2 aromatic carbocycles. The van der Waals surface area contributed by atoms with Gasteiger partial charge in [0.2, 0.25) is 0 Å². The summed E-state index contributed by atoms with van der Waals surface area (Å²) in [7, 11) is 0. The standard InChI is InChI=1S/C33H39N7O2/c1-22(2)37-31-11-10-28(19-35-31)32(41)38-30-18-27(5-4-23(30)3)33(42)39-15-12-26(13-16-39)24-6-8-25(9-7-24)29-20-36-40(21-29)17-14-34/h4-11,18-22,26H,12-17,34H2,1-3H3,(H,35,37)(H,38,41). The number of amides is 2. The Morgan fingerprint density at radius 3 is 2.38 bits per heavy atom. The van der Waals surface area contributed by atoms with Crippen LogP contribution in [0.4, 0.5) is 11.5 Å². The zero-order valence-corrected chi connectivity index (χ0v) is 24.5. The van der Waals surface area contributed by atoms with E-state index in [-0.39, 0.29) is 17.9 Å². The van der Waals surface area contributed by atoms with Crippen LogP contribution in [0.15, 0.2) is 73.2 Å². The second-order valence-corrected chi connectivity index (χ2v) is 11.2. The smallest absolute Gasteiger partial charge is 0.257 e. The van der Waals surface area contributed by atoms with Crippen LogP contribution < -0.4 is 16.4 Å². The van der Waals surface area contributed by atoms with Crippen molar-refractivity contribution in [2.45, 2.75) is 52.1 Å². The van der Waals surface area contributed by atoms with Gasteiger partial charge >= 0.3 is 0 Å². The first-order valence-corrected chi connectivity index (χ1v) is 14.6. The summed E-state index contributed by atoms with van der Waals surface area (Å²) < 4.78 is 1.86. The van der Waals surface area contributed by atoms with Crippen LogP contribution >= 0.6 is 0 Å². The van der Waals surface area contributed by atoms with E-state index in [9.17, 15) is 9.59 Å². The maximum atomic E-state index is 13.4. The molecule has 1 saturated heterocycles. The molecule has 1 fully saturated rings. The van der Waals surface area contributed by atoms with Crippen LogP contribution in [0, 0.1) is 6.92 Å². The molecule has 5 rings (SSSR count). The van der Waals surface area contributed by atoms with Crippen molar-refractivity contribution in [1.29, 1.82) is 0 Å². The maximum absolute atomic E-state index is 13.4. The number of anilines is 2. The highest BCUT2D eigenvalue weighted by Gasteiger charge is 2.25. The van der Waals surface area contributed by atoms with Crippen LogP contribution in [0.1, 0.15) is 64.4 Å². The monoisotopic (exact) mass is 565 g/mol. The van der Waals surface area contributed by atoms with Crippen LogP contribution in [0.25, 0.3) is 11.1 Å². The Balaban J connectivity index is 1.18. The minimum absolute atomic E-state index is 0.0143. The molecule has 9 nitrogen and oxygen atoms in total. The van der Waals surface area contributed by atoms with Crippen molar-refractivity contribution in [1.82, 2.24) is 19.7 Å². The number of nitrogens with one attached hydrogen (secondary N) is 2. The van der Waals surface area contributed by atoms with Gasteiger partial charge in [-0.05, 0) is 80.5 Å². The van der Waals surface area contributed by atoms with Crippen LogP contribution in [0.5, 0.6) is 0 Å². The van der Waals surface area contributed by atoms with Gasteiger partial charge in [-0.3, -0.25) is 14.3 Å². The fourth-order valence-electron chi connectivity index (χ4n) is 5.31. The number of piperidine rings is 1. The highest BCUT2D eigenvalue weighted by Crippen LogP contribution is 2.31. The van der Waals surface area contributed by atoms with Gasteiger partial charge in [-0.1, -0.05) is 30.3 Å². The molecule has 0 spiro atoms. The van der Waals surface area contributed by atoms with Gasteiger partial charge in [0, 0.05) is 54.9 Å². The van der Waals surface area contributed by atoms with Crippen molar-refractivity contribution in [3.63, 3.8) is 0 Å². The van der Waals surface area contributed by atoms with Crippen molar-refractivity contribution in [3.05, 3.63) is 95.4 Å². The maximum Gasteiger partial charge on any atom is 0.257 e. The number of benzene rings is 2. The van der Waals surface area contributed by atoms with Gasteiger partial charge in [0.1, 0.15) is 5.82 Å². The summed E-state index contributed by atoms with van der Waals surface area (Å²) in [5.41, 5.74) is 11.7. The third-order valence-electron chi connectivity index (χ3n) is 7.68.